The van der Waals surface area contributed by atoms with Gasteiger partial charge >= 0.3 is 12.0 Å². The minimum atomic E-state index is -0.763. The number of amides is 2. The predicted octanol–water partition coefficient (Wildman–Crippen LogP) is 2.89. The summed E-state index contributed by atoms with van der Waals surface area (Å²) in [6, 6.07) is 5.83. The number of hydrogen-bond donors (Lipinski definition) is 1. The Morgan fingerprint density at radius 2 is 2.00 bits per heavy atom. The van der Waals surface area contributed by atoms with Crippen LogP contribution in [0.15, 0.2) is 18.2 Å². The standard InChI is InChI=1S/C18H24N2O4/c1-3-14-11-20(15-10-12(2)4-5-16(15)24-14)18(23)19-8-6-13(7-9-19)17(21)22/h4-5,10,13-14H,3,6-9,11H2,1-2H3,(H,21,22). The number of piperidine rings is 1. The molecule has 0 aliphatic carbocycles. The van der Waals surface area contributed by atoms with Crippen LogP contribution in [0.3, 0.4) is 0 Å². The smallest absolute Gasteiger partial charge is 0.324 e. The van der Waals surface area contributed by atoms with Crippen molar-refractivity contribution >= 4 is 17.7 Å². The van der Waals surface area contributed by atoms with Crippen LogP contribution in [0, 0.1) is 12.8 Å². The maximum Gasteiger partial charge on any atom is 0.324 e. The van der Waals surface area contributed by atoms with Gasteiger partial charge in [0.05, 0.1) is 18.2 Å². The molecule has 1 saturated heterocycles. The van der Waals surface area contributed by atoms with E-state index in [1.54, 1.807) is 9.80 Å². The number of urea groups is 1. The Hall–Kier alpha value is -2.24. The van der Waals surface area contributed by atoms with E-state index in [1.807, 2.05) is 32.0 Å². The largest absolute Gasteiger partial charge is 0.486 e. The number of benzene rings is 1. The summed E-state index contributed by atoms with van der Waals surface area (Å²) in [6.07, 6.45) is 1.85. The van der Waals surface area contributed by atoms with Crippen LogP contribution < -0.4 is 9.64 Å². The summed E-state index contributed by atoms with van der Waals surface area (Å²) in [5, 5.41) is 9.11. The topological polar surface area (TPSA) is 70.1 Å². The average Bonchev–Trinajstić information content (AvgIpc) is 2.60. The molecule has 2 heterocycles. The molecule has 24 heavy (non-hydrogen) atoms. The van der Waals surface area contributed by atoms with Crippen molar-refractivity contribution in [3.05, 3.63) is 23.8 Å². The van der Waals surface area contributed by atoms with Crippen molar-refractivity contribution in [2.75, 3.05) is 24.5 Å². The summed E-state index contributed by atoms with van der Waals surface area (Å²) in [5.74, 6) is -0.357. The third-order valence-corrected chi connectivity index (χ3v) is 4.89. The fourth-order valence-corrected chi connectivity index (χ4v) is 3.34. The molecule has 2 aliphatic heterocycles. The zero-order valence-electron chi connectivity index (χ0n) is 14.2. The number of aryl methyl sites for hydroxylation is 1. The zero-order valence-corrected chi connectivity index (χ0v) is 14.2. The first-order valence-corrected chi connectivity index (χ1v) is 8.56. The summed E-state index contributed by atoms with van der Waals surface area (Å²) < 4.78 is 5.96. The number of fused-ring (bicyclic) bond motifs is 1. The normalized spacial score (nSPS) is 21.2. The first-order chi connectivity index (χ1) is 11.5. The lowest BCUT2D eigenvalue weighted by molar-refractivity contribution is -0.143. The van der Waals surface area contributed by atoms with Gasteiger partial charge in [0.2, 0.25) is 0 Å². The van der Waals surface area contributed by atoms with Gasteiger partial charge in [-0.25, -0.2) is 4.79 Å². The first-order valence-electron chi connectivity index (χ1n) is 8.56. The van der Waals surface area contributed by atoms with Crippen molar-refractivity contribution in [3.63, 3.8) is 0 Å². The maximum absolute atomic E-state index is 13.0. The van der Waals surface area contributed by atoms with Crippen molar-refractivity contribution < 1.29 is 19.4 Å². The second-order valence-electron chi connectivity index (χ2n) is 6.61. The highest BCUT2D eigenvalue weighted by Gasteiger charge is 2.34. The van der Waals surface area contributed by atoms with Crippen molar-refractivity contribution in [2.24, 2.45) is 5.92 Å². The van der Waals surface area contributed by atoms with Crippen molar-refractivity contribution in [1.82, 2.24) is 4.90 Å². The lowest BCUT2D eigenvalue weighted by atomic mass is 9.97. The molecule has 1 aromatic rings. The number of nitrogens with zero attached hydrogens (tertiary/aromatic N) is 2. The Kier molecular flexibility index (Phi) is 4.64. The molecule has 0 bridgehead atoms. The molecule has 0 spiro atoms. The van der Waals surface area contributed by atoms with Crippen LogP contribution in [-0.2, 0) is 4.79 Å². The molecule has 1 atom stereocenters. The molecule has 130 valence electrons. The van der Waals surface area contributed by atoms with Gasteiger partial charge < -0.3 is 14.7 Å². The van der Waals surface area contributed by atoms with Gasteiger partial charge in [-0.2, -0.15) is 0 Å². The van der Waals surface area contributed by atoms with Crippen LogP contribution >= 0.6 is 0 Å². The van der Waals surface area contributed by atoms with Gasteiger partial charge in [-0.05, 0) is 43.9 Å². The van der Waals surface area contributed by atoms with Gasteiger partial charge in [0.25, 0.3) is 0 Å². The molecule has 1 N–H and O–H groups in total. The van der Waals surface area contributed by atoms with E-state index in [9.17, 15) is 9.59 Å². The third kappa shape index (κ3) is 3.18. The number of likely N-dealkylation sites (tertiary alicyclic amines) is 1. The number of rotatable bonds is 2. The van der Waals surface area contributed by atoms with E-state index >= 15 is 0 Å². The molecule has 6 nitrogen and oxygen atoms in total. The van der Waals surface area contributed by atoms with Gasteiger partial charge in [-0.3, -0.25) is 9.69 Å². The van der Waals surface area contributed by atoms with Crippen LogP contribution in [0.5, 0.6) is 5.75 Å². The monoisotopic (exact) mass is 332 g/mol. The van der Waals surface area contributed by atoms with E-state index in [4.69, 9.17) is 9.84 Å². The van der Waals surface area contributed by atoms with Gasteiger partial charge in [0.15, 0.2) is 0 Å². The summed E-state index contributed by atoms with van der Waals surface area (Å²) in [5.41, 5.74) is 1.89. The maximum atomic E-state index is 13.0. The quantitative estimate of drug-likeness (QED) is 0.904. The Morgan fingerprint density at radius 1 is 1.29 bits per heavy atom. The van der Waals surface area contributed by atoms with Crippen molar-refractivity contribution in [2.45, 2.75) is 39.2 Å². The van der Waals surface area contributed by atoms with Crippen LogP contribution in [0.4, 0.5) is 10.5 Å². The zero-order chi connectivity index (χ0) is 17.3. The summed E-state index contributed by atoms with van der Waals surface area (Å²) in [4.78, 5) is 27.7. The Bertz CT molecular complexity index is 638. The molecule has 0 radical (unpaired) electrons. The van der Waals surface area contributed by atoms with Crippen LogP contribution in [0.1, 0.15) is 31.7 Å². The minimum Gasteiger partial charge on any atom is -0.486 e. The highest BCUT2D eigenvalue weighted by atomic mass is 16.5. The highest BCUT2D eigenvalue weighted by Crippen LogP contribution is 2.36. The Morgan fingerprint density at radius 3 is 2.62 bits per heavy atom. The highest BCUT2D eigenvalue weighted by molar-refractivity contribution is 5.94. The Balaban J connectivity index is 1.79. The second kappa shape index (κ2) is 6.71. The number of carbonyl (C=O) groups excluding carboxylic acids is 1. The molecule has 3 rings (SSSR count). The molecule has 2 aliphatic rings. The molecule has 6 heteroatoms. The van der Waals surface area contributed by atoms with E-state index in [0.717, 1.165) is 23.4 Å². The van der Waals surface area contributed by atoms with E-state index in [-0.39, 0.29) is 18.1 Å². The lowest BCUT2D eigenvalue weighted by Gasteiger charge is -2.39. The fraction of sp³-hybridized carbons (Fsp3) is 0.556. The molecule has 1 aromatic carbocycles. The molecule has 2 amide bonds. The van der Waals surface area contributed by atoms with Gasteiger partial charge in [0, 0.05) is 13.1 Å². The predicted molar refractivity (Wildman–Crippen MR) is 90.6 cm³/mol. The number of carbonyl (C=O) groups is 2. The number of anilines is 1. The van der Waals surface area contributed by atoms with Gasteiger partial charge in [-0.1, -0.05) is 13.0 Å². The van der Waals surface area contributed by atoms with E-state index in [0.29, 0.717) is 32.5 Å². The van der Waals surface area contributed by atoms with Crippen LogP contribution in [0.25, 0.3) is 0 Å². The van der Waals surface area contributed by atoms with Crippen LogP contribution in [0.2, 0.25) is 0 Å². The van der Waals surface area contributed by atoms with E-state index < -0.39 is 5.97 Å². The van der Waals surface area contributed by atoms with E-state index in [1.165, 1.54) is 0 Å². The number of aliphatic carboxylic acids is 1. The minimum absolute atomic E-state index is 0.0132. The molecule has 0 aromatic heterocycles. The number of hydrogen-bond acceptors (Lipinski definition) is 3. The van der Waals surface area contributed by atoms with Crippen molar-refractivity contribution in [1.29, 1.82) is 0 Å². The lowest BCUT2D eigenvalue weighted by Crippen LogP contribution is -2.51. The second-order valence-corrected chi connectivity index (χ2v) is 6.61. The molecule has 1 fully saturated rings. The average molecular weight is 332 g/mol. The summed E-state index contributed by atoms with van der Waals surface area (Å²) >= 11 is 0. The van der Waals surface area contributed by atoms with Crippen molar-refractivity contribution in [3.8, 4) is 5.75 Å². The molecule has 1 unspecified atom stereocenters. The van der Waals surface area contributed by atoms with Gasteiger partial charge in [0.1, 0.15) is 11.9 Å². The van der Waals surface area contributed by atoms with Gasteiger partial charge in [-0.15, -0.1) is 0 Å². The molecular formula is C18H24N2O4. The summed E-state index contributed by atoms with van der Waals surface area (Å²) in [6.45, 7) is 5.55. The van der Waals surface area contributed by atoms with E-state index in [2.05, 4.69) is 0 Å². The first kappa shape index (κ1) is 16.6. The molecular weight excluding hydrogens is 308 g/mol. The molecule has 0 saturated carbocycles. The number of ether oxygens (including phenoxy) is 1. The number of carboxylic acid groups (broad SMARTS) is 1. The fourth-order valence-electron chi connectivity index (χ4n) is 3.34. The summed E-state index contributed by atoms with van der Waals surface area (Å²) in [7, 11) is 0. The third-order valence-electron chi connectivity index (χ3n) is 4.89. The number of carboxylic acids is 1. The SMILES string of the molecule is CCC1CN(C(=O)N2CCC(C(=O)O)CC2)c2cc(C)ccc2O1. The Labute approximate surface area is 142 Å². The van der Waals surface area contributed by atoms with Crippen LogP contribution in [-0.4, -0.2) is 47.7 Å².